The van der Waals surface area contributed by atoms with Crippen LogP contribution in [0.4, 0.5) is 5.95 Å². The Morgan fingerprint density at radius 1 is 0.974 bits per heavy atom. The van der Waals surface area contributed by atoms with Crippen molar-refractivity contribution in [3.8, 4) is 22.7 Å². The van der Waals surface area contributed by atoms with Gasteiger partial charge in [-0.1, -0.05) is 41.4 Å². The Labute approximate surface area is 226 Å². The first kappa shape index (κ1) is 26.9. The molecule has 0 aliphatic carbocycles. The number of benzene rings is 3. The summed E-state index contributed by atoms with van der Waals surface area (Å²) in [6.45, 7) is 2.37. The molecule has 8 nitrogen and oxygen atoms in total. The molecule has 9 heteroatoms. The summed E-state index contributed by atoms with van der Waals surface area (Å²) >= 11 is 6.05. The van der Waals surface area contributed by atoms with Gasteiger partial charge in [0.2, 0.25) is 11.9 Å². The molecule has 0 radical (unpaired) electrons. The van der Waals surface area contributed by atoms with Crippen LogP contribution in [-0.2, 0) is 9.53 Å². The van der Waals surface area contributed by atoms with Crippen molar-refractivity contribution in [3.63, 3.8) is 0 Å². The van der Waals surface area contributed by atoms with Crippen molar-refractivity contribution < 1.29 is 19.1 Å². The summed E-state index contributed by atoms with van der Waals surface area (Å²) in [5.74, 6) is 0.308. The van der Waals surface area contributed by atoms with Crippen LogP contribution in [-0.4, -0.2) is 60.2 Å². The van der Waals surface area contributed by atoms with Crippen LogP contribution in [0.1, 0.15) is 15.9 Å². The molecule has 0 saturated heterocycles. The van der Waals surface area contributed by atoms with E-state index >= 15 is 0 Å². The Bertz CT molecular complexity index is 1380. The van der Waals surface area contributed by atoms with Crippen LogP contribution in [0, 0.1) is 6.92 Å². The monoisotopic (exact) mass is 532 g/mol. The molecule has 4 rings (SSSR count). The van der Waals surface area contributed by atoms with E-state index in [1.807, 2.05) is 54.1 Å². The average molecular weight is 533 g/mol. The maximum absolute atomic E-state index is 13.2. The van der Waals surface area contributed by atoms with Crippen LogP contribution in [0.3, 0.4) is 0 Å². The highest BCUT2D eigenvalue weighted by molar-refractivity contribution is 6.30. The number of nitrogens with one attached hydrogen (secondary N) is 1. The lowest BCUT2D eigenvalue weighted by Gasteiger charge is -2.22. The first-order valence-electron chi connectivity index (χ1n) is 12.0. The van der Waals surface area contributed by atoms with Gasteiger partial charge in [0, 0.05) is 41.7 Å². The highest BCUT2D eigenvalue weighted by Gasteiger charge is 2.21. The van der Waals surface area contributed by atoms with Crippen molar-refractivity contribution in [2.45, 2.75) is 6.92 Å². The van der Waals surface area contributed by atoms with E-state index in [1.54, 1.807) is 50.6 Å². The lowest BCUT2D eigenvalue weighted by Crippen LogP contribution is -2.40. The number of anilines is 1. The molecule has 4 aromatic rings. The maximum Gasteiger partial charge on any atom is 0.254 e. The molecule has 0 aliphatic rings. The third kappa shape index (κ3) is 6.59. The molecule has 0 unspecified atom stereocenters. The van der Waals surface area contributed by atoms with E-state index < -0.39 is 0 Å². The molecule has 1 aromatic heterocycles. The topological polar surface area (TPSA) is 85.7 Å². The number of nitrogens with zero attached hydrogens (tertiary/aromatic N) is 3. The number of carbonyl (C=O) groups is 2. The number of amides is 2. The quantitative estimate of drug-likeness (QED) is 0.302. The number of halogens is 1. The number of imidazole rings is 1. The van der Waals surface area contributed by atoms with Gasteiger partial charge < -0.3 is 14.4 Å². The number of aryl methyl sites for hydroxylation is 1. The molecule has 0 aliphatic heterocycles. The van der Waals surface area contributed by atoms with E-state index in [0.29, 0.717) is 28.0 Å². The van der Waals surface area contributed by atoms with Gasteiger partial charge in [-0.15, -0.1) is 0 Å². The van der Waals surface area contributed by atoms with Gasteiger partial charge in [-0.05, 0) is 55.5 Å². The minimum absolute atomic E-state index is 0.175. The highest BCUT2D eigenvalue weighted by atomic mass is 35.5. The van der Waals surface area contributed by atoms with E-state index in [2.05, 4.69) is 10.3 Å². The first-order valence-corrected chi connectivity index (χ1v) is 12.4. The molecule has 2 amide bonds. The van der Waals surface area contributed by atoms with Crippen molar-refractivity contribution in [1.82, 2.24) is 14.5 Å². The second-order valence-electron chi connectivity index (χ2n) is 8.66. The molecule has 0 spiro atoms. The van der Waals surface area contributed by atoms with Gasteiger partial charge in [0.15, 0.2) is 0 Å². The summed E-state index contributed by atoms with van der Waals surface area (Å²) in [6.07, 6.45) is 1.86. The zero-order chi connectivity index (χ0) is 27.1. The van der Waals surface area contributed by atoms with Gasteiger partial charge in [0.25, 0.3) is 5.91 Å². The van der Waals surface area contributed by atoms with E-state index in [-0.39, 0.29) is 31.5 Å². The summed E-state index contributed by atoms with van der Waals surface area (Å²) in [5.41, 5.74) is 3.92. The Balaban J connectivity index is 1.59. The number of hydrogen-bond acceptors (Lipinski definition) is 5. The standard InChI is InChI=1S/C29H29ClN4O4/c1-20-4-12-24(13-5-20)34-18-26(21-6-10-23(30)11-7-21)31-29(34)32-27(35)19-33(16-17-37-2)28(36)22-8-14-25(38-3)15-9-22/h4-15,18H,16-17,19H2,1-3H3,(H,31,32,35). The maximum atomic E-state index is 13.2. The van der Waals surface area contributed by atoms with E-state index in [1.165, 1.54) is 4.90 Å². The molecule has 38 heavy (non-hydrogen) atoms. The molecule has 196 valence electrons. The van der Waals surface area contributed by atoms with E-state index in [4.69, 9.17) is 21.1 Å². The molecule has 0 saturated carbocycles. The van der Waals surface area contributed by atoms with Crippen LogP contribution in [0.15, 0.2) is 79.0 Å². The summed E-state index contributed by atoms with van der Waals surface area (Å²) in [6, 6.07) is 22.0. The minimum Gasteiger partial charge on any atom is -0.497 e. The van der Waals surface area contributed by atoms with Crippen LogP contribution in [0.2, 0.25) is 5.02 Å². The number of methoxy groups -OCH3 is 2. The fourth-order valence-electron chi connectivity index (χ4n) is 3.84. The van der Waals surface area contributed by atoms with E-state index in [0.717, 1.165) is 16.8 Å². The van der Waals surface area contributed by atoms with E-state index in [9.17, 15) is 9.59 Å². The van der Waals surface area contributed by atoms with Gasteiger partial charge >= 0.3 is 0 Å². The average Bonchev–Trinajstić information content (AvgIpc) is 3.34. The van der Waals surface area contributed by atoms with Crippen molar-refractivity contribution in [1.29, 1.82) is 0 Å². The third-order valence-corrected chi connectivity index (χ3v) is 6.19. The van der Waals surface area contributed by atoms with Gasteiger partial charge in [-0.25, -0.2) is 4.98 Å². The largest absolute Gasteiger partial charge is 0.497 e. The van der Waals surface area contributed by atoms with Crippen molar-refractivity contribution in [2.75, 3.05) is 39.2 Å². The number of rotatable bonds is 10. The minimum atomic E-state index is -0.385. The number of carbonyl (C=O) groups excluding carboxylic acids is 2. The number of hydrogen-bond donors (Lipinski definition) is 1. The van der Waals surface area contributed by atoms with Gasteiger partial charge in [0.05, 0.1) is 19.4 Å². The predicted molar refractivity (Wildman–Crippen MR) is 148 cm³/mol. The smallest absolute Gasteiger partial charge is 0.254 e. The molecule has 3 aromatic carbocycles. The molecular weight excluding hydrogens is 504 g/mol. The van der Waals surface area contributed by atoms with Crippen LogP contribution in [0.25, 0.3) is 16.9 Å². The molecule has 0 atom stereocenters. The Morgan fingerprint density at radius 3 is 2.29 bits per heavy atom. The van der Waals surface area contributed by atoms with Crippen LogP contribution >= 0.6 is 11.6 Å². The fraction of sp³-hybridized carbons (Fsp3) is 0.207. The number of ether oxygens (including phenoxy) is 2. The summed E-state index contributed by atoms with van der Waals surface area (Å²) in [7, 11) is 3.11. The second kappa shape index (κ2) is 12.4. The lowest BCUT2D eigenvalue weighted by atomic mass is 10.2. The molecular formula is C29H29ClN4O4. The molecule has 0 fully saturated rings. The first-order chi connectivity index (χ1) is 18.4. The zero-order valence-electron chi connectivity index (χ0n) is 21.5. The predicted octanol–water partition coefficient (Wildman–Crippen LogP) is 5.24. The Morgan fingerprint density at radius 2 is 1.66 bits per heavy atom. The Kier molecular flexibility index (Phi) is 8.78. The zero-order valence-corrected chi connectivity index (χ0v) is 22.2. The van der Waals surface area contributed by atoms with Crippen LogP contribution in [0.5, 0.6) is 5.75 Å². The normalized spacial score (nSPS) is 10.7. The lowest BCUT2D eigenvalue weighted by molar-refractivity contribution is -0.117. The molecule has 1 N–H and O–H groups in total. The highest BCUT2D eigenvalue weighted by Crippen LogP contribution is 2.26. The second-order valence-corrected chi connectivity index (χ2v) is 9.09. The fourth-order valence-corrected chi connectivity index (χ4v) is 3.96. The third-order valence-electron chi connectivity index (χ3n) is 5.93. The SMILES string of the molecule is COCCN(CC(=O)Nc1nc(-c2ccc(Cl)cc2)cn1-c1ccc(C)cc1)C(=O)c1ccc(OC)cc1. The Hall–Kier alpha value is -4.14. The van der Waals surface area contributed by atoms with Gasteiger partial charge in [0.1, 0.15) is 12.3 Å². The summed E-state index contributed by atoms with van der Waals surface area (Å²) in [4.78, 5) is 32.5. The van der Waals surface area contributed by atoms with Crippen molar-refractivity contribution >= 4 is 29.4 Å². The summed E-state index contributed by atoms with van der Waals surface area (Å²) in [5, 5.41) is 3.51. The van der Waals surface area contributed by atoms with Gasteiger partial charge in [-0.2, -0.15) is 0 Å². The van der Waals surface area contributed by atoms with Crippen molar-refractivity contribution in [3.05, 3.63) is 95.1 Å². The van der Waals surface area contributed by atoms with Crippen molar-refractivity contribution in [2.24, 2.45) is 0 Å². The molecule has 1 heterocycles. The molecule has 0 bridgehead atoms. The number of aromatic nitrogens is 2. The van der Waals surface area contributed by atoms with Crippen LogP contribution < -0.4 is 10.1 Å². The summed E-state index contributed by atoms with van der Waals surface area (Å²) < 4.78 is 12.2. The van der Waals surface area contributed by atoms with Gasteiger partial charge in [-0.3, -0.25) is 19.5 Å².